The first kappa shape index (κ1) is 12.7. The summed E-state index contributed by atoms with van der Waals surface area (Å²) in [5, 5.41) is 3.86. The summed E-state index contributed by atoms with van der Waals surface area (Å²) in [6.07, 6.45) is 5.18. The van der Waals surface area contributed by atoms with E-state index in [2.05, 4.69) is 32.3 Å². The maximum atomic E-state index is 5.83. The van der Waals surface area contributed by atoms with Gasteiger partial charge in [0.1, 0.15) is 0 Å². The van der Waals surface area contributed by atoms with Crippen molar-refractivity contribution in [2.45, 2.75) is 51.8 Å². The predicted octanol–water partition coefficient (Wildman–Crippen LogP) is 2.53. The lowest BCUT2D eigenvalue weighted by Gasteiger charge is -2.55. The van der Waals surface area contributed by atoms with Crippen LogP contribution in [-0.4, -0.2) is 36.8 Å². The zero-order valence-electron chi connectivity index (χ0n) is 11.0. The topological polar surface area (TPSA) is 21.3 Å². The molecule has 2 fully saturated rings. The van der Waals surface area contributed by atoms with Crippen molar-refractivity contribution in [1.82, 2.24) is 5.32 Å². The van der Waals surface area contributed by atoms with Crippen molar-refractivity contribution in [3.8, 4) is 0 Å². The lowest BCUT2D eigenvalue weighted by atomic mass is 9.57. The third kappa shape index (κ3) is 2.02. The highest BCUT2D eigenvalue weighted by Gasteiger charge is 2.59. The SMILES string of the molecule is CCC(CSC)NC1C2CCOC2C1(C)C. The molecule has 0 amide bonds. The van der Waals surface area contributed by atoms with E-state index in [1.807, 2.05) is 11.8 Å². The fourth-order valence-electron chi connectivity index (χ4n) is 3.40. The fraction of sp³-hybridized carbons (Fsp3) is 1.00. The van der Waals surface area contributed by atoms with Crippen LogP contribution in [0.2, 0.25) is 0 Å². The Kier molecular flexibility index (Phi) is 3.87. The molecule has 4 atom stereocenters. The van der Waals surface area contributed by atoms with Crippen LogP contribution in [-0.2, 0) is 4.74 Å². The molecule has 1 aliphatic heterocycles. The first-order valence-electron chi connectivity index (χ1n) is 6.47. The molecule has 2 rings (SSSR count). The average molecular weight is 243 g/mol. The number of hydrogen-bond donors (Lipinski definition) is 1. The van der Waals surface area contributed by atoms with Gasteiger partial charge >= 0.3 is 0 Å². The molecule has 0 spiro atoms. The van der Waals surface area contributed by atoms with E-state index < -0.39 is 0 Å². The highest BCUT2D eigenvalue weighted by Crippen LogP contribution is 2.52. The highest BCUT2D eigenvalue weighted by atomic mass is 32.2. The molecule has 1 saturated heterocycles. The molecule has 4 unspecified atom stereocenters. The predicted molar refractivity (Wildman–Crippen MR) is 71.0 cm³/mol. The summed E-state index contributed by atoms with van der Waals surface area (Å²) in [5.41, 5.74) is 0.326. The molecule has 0 radical (unpaired) electrons. The molecule has 1 saturated carbocycles. The van der Waals surface area contributed by atoms with Gasteiger partial charge in [-0.1, -0.05) is 20.8 Å². The number of thioether (sulfide) groups is 1. The quantitative estimate of drug-likeness (QED) is 0.802. The molecule has 1 N–H and O–H groups in total. The van der Waals surface area contributed by atoms with E-state index in [0.717, 1.165) is 12.5 Å². The molecule has 3 heteroatoms. The van der Waals surface area contributed by atoms with Gasteiger partial charge in [-0.25, -0.2) is 0 Å². The van der Waals surface area contributed by atoms with Gasteiger partial charge in [0.05, 0.1) is 6.10 Å². The van der Waals surface area contributed by atoms with Crippen LogP contribution >= 0.6 is 11.8 Å². The van der Waals surface area contributed by atoms with Crippen LogP contribution in [0.4, 0.5) is 0 Å². The minimum Gasteiger partial charge on any atom is -0.377 e. The van der Waals surface area contributed by atoms with Gasteiger partial charge in [-0.2, -0.15) is 11.8 Å². The Morgan fingerprint density at radius 1 is 1.50 bits per heavy atom. The Bertz CT molecular complexity index is 244. The summed E-state index contributed by atoms with van der Waals surface area (Å²) < 4.78 is 5.83. The Labute approximate surface area is 104 Å². The Balaban J connectivity index is 1.94. The van der Waals surface area contributed by atoms with Crippen molar-refractivity contribution in [2.24, 2.45) is 11.3 Å². The van der Waals surface area contributed by atoms with Crippen LogP contribution < -0.4 is 5.32 Å². The summed E-state index contributed by atoms with van der Waals surface area (Å²) in [6, 6.07) is 1.33. The summed E-state index contributed by atoms with van der Waals surface area (Å²) in [5.74, 6) is 1.99. The van der Waals surface area contributed by atoms with Crippen molar-refractivity contribution < 1.29 is 4.74 Å². The number of nitrogens with one attached hydrogen (secondary N) is 1. The molecule has 2 aliphatic rings. The van der Waals surface area contributed by atoms with Gasteiger partial charge in [-0.05, 0) is 19.1 Å². The number of hydrogen-bond acceptors (Lipinski definition) is 3. The van der Waals surface area contributed by atoms with E-state index >= 15 is 0 Å². The number of rotatable bonds is 5. The molecule has 1 aliphatic carbocycles. The summed E-state index contributed by atoms with van der Waals surface area (Å²) >= 11 is 1.94. The van der Waals surface area contributed by atoms with Gasteiger partial charge in [-0.15, -0.1) is 0 Å². The second-order valence-electron chi connectivity index (χ2n) is 5.77. The maximum absolute atomic E-state index is 5.83. The largest absolute Gasteiger partial charge is 0.377 e. The third-order valence-corrected chi connectivity index (χ3v) is 5.11. The van der Waals surface area contributed by atoms with Gasteiger partial charge in [0, 0.05) is 35.8 Å². The second kappa shape index (κ2) is 4.87. The molecule has 0 bridgehead atoms. The third-order valence-electron chi connectivity index (χ3n) is 4.38. The van der Waals surface area contributed by atoms with Crippen LogP contribution in [0.25, 0.3) is 0 Å². The lowest BCUT2D eigenvalue weighted by molar-refractivity contribution is -0.114. The van der Waals surface area contributed by atoms with Gasteiger partial charge in [0.15, 0.2) is 0 Å². The molecule has 2 nitrogen and oxygen atoms in total. The van der Waals surface area contributed by atoms with Crippen molar-refractivity contribution in [3.63, 3.8) is 0 Å². The van der Waals surface area contributed by atoms with Crippen molar-refractivity contribution in [3.05, 3.63) is 0 Å². The number of ether oxygens (including phenoxy) is 1. The summed E-state index contributed by atoms with van der Waals surface area (Å²) in [7, 11) is 0. The molecular formula is C13H25NOS. The fourth-order valence-corrected chi connectivity index (χ4v) is 4.14. The molecule has 0 aromatic carbocycles. The Morgan fingerprint density at radius 3 is 2.88 bits per heavy atom. The minimum atomic E-state index is 0.326. The van der Waals surface area contributed by atoms with Crippen LogP contribution in [0, 0.1) is 11.3 Å². The normalized spacial score (nSPS) is 37.9. The van der Waals surface area contributed by atoms with Gasteiger partial charge in [0.2, 0.25) is 0 Å². The minimum absolute atomic E-state index is 0.326. The van der Waals surface area contributed by atoms with E-state index in [0.29, 0.717) is 23.6 Å². The lowest BCUT2D eigenvalue weighted by Crippen LogP contribution is -2.67. The first-order chi connectivity index (χ1) is 7.61. The van der Waals surface area contributed by atoms with Gasteiger partial charge < -0.3 is 10.1 Å². The zero-order valence-corrected chi connectivity index (χ0v) is 11.8. The van der Waals surface area contributed by atoms with Crippen LogP contribution in [0.15, 0.2) is 0 Å². The second-order valence-corrected chi connectivity index (χ2v) is 6.68. The van der Waals surface area contributed by atoms with Crippen molar-refractivity contribution in [2.75, 3.05) is 18.6 Å². The van der Waals surface area contributed by atoms with Gasteiger partial charge in [0.25, 0.3) is 0 Å². The molecular weight excluding hydrogens is 218 g/mol. The Morgan fingerprint density at radius 2 is 2.25 bits per heavy atom. The standard InChI is InChI=1S/C13H25NOS/c1-5-9(8-16-4)14-11-10-6-7-15-12(10)13(11,2)3/h9-12,14H,5-8H2,1-4H3. The zero-order chi connectivity index (χ0) is 11.8. The molecule has 16 heavy (non-hydrogen) atoms. The first-order valence-corrected chi connectivity index (χ1v) is 7.87. The van der Waals surface area contributed by atoms with Crippen LogP contribution in [0.1, 0.15) is 33.6 Å². The average Bonchev–Trinajstić information content (AvgIpc) is 2.70. The van der Waals surface area contributed by atoms with E-state index in [4.69, 9.17) is 4.74 Å². The molecule has 1 heterocycles. The van der Waals surface area contributed by atoms with Crippen molar-refractivity contribution in [1.29, 1.82) is 0 Å². The monoisotopic (exact) mass is 243 g/mol. The van der Waals surface area contributed by atoms with Crippen LogP contribution in [0.3, 0.4) is 0 Å². The van der Waals surface area contributed by atoms with E-state index in [1.54, 1.807) is 0 Å². The summed E-state index contributed by atoms with van der Waals surface area (Å²) in [4.78, 5) is 0. The Hall–Kier alpha value is 0.270. The van der Waals surface area contributed by atoms with E-state index in [1.165, 1.54) is 18.6 Å². The summed E-state index contributed by atoms with van der Waals surface area (Å²) in [6.45, 7) is 7.95. The maximum Gasteiger partial charge on any atom is 0.0685 e. The molecule has 0 aromatic rings. The molecule has 94 valence electrons. The van der Waals surface area contributed by atoms with Crippen LogP contribution in [0.5, 0.6) is 0 Å². The number of fused-ring (bicyclic) bond motifs is 1. The molecule has 0 aromatic heterocycles. The highest BCUT2D eigenvalue weighted by molar-refractivity contribution is 7.98. The van der Waals surface area contributed by atoms with E-state index in [9.17, 15) is 0 Å². The van der Waals surface area contributed by atoms with Crippen molar-refractivity contribution >= 4 is 11.8 Å². The van der Waals surface area contributed by atoms with Gasteiger partial charge in [-0.3, -0.25) is 0 Å². The smallest absolute Gasteiger partial charge is 0.0685 e. The van der Waals surface area contributed by atoms with E-state index in [-0.39, 0.29) is 0 Å².